The van der Waals surface area contributed by atoms with Gasteiger partial charge in [0.05, 0.1) is 11.3 Å². The normalized spacial score (nSPS) is 18.9. The Morgan fingerprint density at radius 2 is 1.86 bits per heavy atom. The van der Waals surface area contributed by atoms with Gasteiger partial charge >= 0.3 is 5.97 Å². The third-order valence-corrected chi connectivity index (χ3v) is 6.89. The van der Waals surface area contributed by atoms with Crippen LogP contribution < -0.4 is 9.62 Å². The summed E-state index contributed by atoms with van der Waals surface area (Å²) < 4.78 is 27.6. The van der Waals surface area contributed by atoms with Gasteiger partial charge in [-0.25, -0.2) is 13.1 Å². The van der Waals surface area contributed by atoms with Crippen molar-refractivity contribution in [2.24, 2.45) is 0 Å². The lowest BCUT2D eigenvalue weighted by Gasteiger charge is -2.27. The van der Waals surface area contributed by atoms with E-state index in [1.165, 1.54) is 12.1 Å². The molecule has 2 N–H and O–H groups in total. The Bertz CT molecular complexity index is 947. The van der Waals surface area contributed by atoms with Gasteiger partial charge in [0, 0.05) is 35.8 Å². The summed E-state index contributed by atoms with van der Waals surface area (Å²) in [6.45, 7) is 2.78. The van der Waals surface area contributed by atoms with E-state index in [-0.39, 0.29) is 23.3 Å². The molecule has 0 bridgehead atoms. The average Bonchev–Trinajstić information content (AvgIpc) is 2.92. The number of sulfonamides is 1. The second kappa shape index (κ2) is 8.51. The van der Waals surface area contributed by atoms with Gasteiger partial charge in [-0.1, -0.05) is 29.8 Å². The third kappa shape index (κ3) is 4.48. The van der Waals surface area contributed by atoms with Gasteiger partial charge in [0.2, 0.25) is 10.0 Å². The maximum atomic E-state index is 12.5. The molecule has 0 aromatic heterocycles. The number of hydrogen-bond donors (Lipinski definition) is 2. The van der Waals surface area contributed by atoms with Crippen LogP contribution >= 0.6 is 11.6 Å². The number of carboxylic acids is 1. The molecule has 1 aliphatic rings. The minimum Gasteiger partial charge on any atom is -0.481 e. The van der Waals surface area contributed by atoms with Crippen molar-refractivity contribution in [3.8, 4) is 0 Å². The lowest BCUT2D eigenvalue weighted by Crippen LogP contribution is -2.34. The molecule has 0 radical (unpaired) electrons. The third-order valence-electron chi connectivity index (χ3n) is 5.16. The first-order chi connectivity index (χ1) is 13.3. The Kier molecular flexibility index (Phi) is 6.27. The topological polar surface area (TPSA) is 86.7 Å². The summed E-state index contributed by atoms with van der Waals surface area (Å²) in [5.41, 5.74) is 2.16. The number of carbonyl (C=O) groups is 1. The van der Waals surface area contributed by atoms with E-state index in [2.05, 4.69) is 16.5 Å². The van der Waals surface area contributed by atoms with Crippen molar-refractivity contribution in [3.63, 3.8) is 0 Å². The Morgan fingerprint density at radius 1 is 1.18 bits per heavy atom. The Balaban J connectivity index is 1.68. The highest BCUT2D eigenvalue weighted by molar-refractivity contribution is 7.89. The first-order valence-corrected chi connectivity index (χ1v) is 11.0. The largest absolute Gasteiger partial charge is 0.481 e. The molecule has 8 heteroatoms. The minimum absolute atomic E-state index is 0.0641. The standard InChI is InChI=1S/C20H23ClN2O4S/c1-14-17(10-12-22-28(26,27)16-8-6-15(21)7-9-16)18-4-2-3-5-19(18)23(14)13-11-20(24)25/h2-9,14,17,22H,10-13H2,1H3,(H,24,25). The van der Waals surface area contributed by atoms with Crippen LogP contribution in [0.4, 0.5) is 5.69 Å². The van der Waals surface area contributed by atoms with E-state index in [1.54, 1.807) is 12.1 Å². The quantitative estimate of drug-likeness (QED) is 0.680. The Hall–Kier alpha value is -2.09. The summed E-state index contributed by atoms with van der Waals surface area (Å²) in [6.07, 6.45) is 0.684. The van der Waals surface area contributed by atoms with E-state index < -0.39 is 16.0 Å². The van der Waals surface area contributed by atoms with Crippen LogP contribution in [0.25, 0.3) is 0 Å². The van der Waals surface area contributed by atoms with Crippen molar-refractivity contribution in [2.75, 3.05) is 18.0 Å². The van der Waals surface area contributed by atoms with Crippen LogP contribution in [-0.2, 0) is 14.8 Å². The van der Waals surface area contributed by atoms with Gasteiger partial charge in [0.1, 0.15) is 0 Å². The summed E-state index contributed by atoms with van der Waals surface area (Å²) in [6, 6.07) is 14.1. The predicted octanol–water partition coefficient (Wildman–Crippen LogP) is 3.48. The molecule has 3 rings (SSSR count). The van der Waals surface area contributed by atoms with E-state index in [0.29, 0.717) is 24.5 Å². The van der Waals surface area contributed by atoms with Crippen molar-refractivity contribution in [3.05, 3.63) is 59.1 Å². The van der Waals surface area contributed by atoms with Gasteiger partial charge in [-0.15, -0.1) is 0 Å². The molecule has 150 valence electrons. The average molecular weight is 423 g/mol. The molecule has 2 atom stereocenters. The lowest BCUT2D eigenvalue weighted by molar-refractivity contribution is -0.136. The van der Waals surface area contributed by atoms with Gasteiger partial charge < -0.3 is 10.0 Å². The van der Waals surface area contributed by atoms with Gasteiger partial charge in [-0.3, -0.25) is 4.79 Å². The minimum atomic E-state index is -3.60. The second-order valence-corrected chi connectivity index (χ2v) is 9.09. The molecule has 0 saturated carbocycles. The first-order valence-electron chi connectivity index (χ1n) is 9.12. The monoisotopic (exact) mass is 422 g/mol. The SMILES string of the molecule is CC1C(CCNS(=O)(=O)c2ccc(Cl)cc2)c2ccccc2N1CCC(=O)O. The first kappa shape index (κ1) is 20.6. The molecule has 0 spiro atoms. The second-order valence-electron chi connectivity index (χ2n) is 6.88. The van der Waals surface area contributed by atoms with Crippen LogP contribution in [0.5, 0.6) is 0 Å². The van der Waals surface area contributed by atoms with Crippen molar-refractivity contribution >= 4 is 33.3 Å². The smallest absolute Gasteiger partial charge is 0.305 e. The molecule has 1 heterocycles. The van der Waals surface area contributed by atoms with Gasteiger partial charge in [0.25, 0.3) is 0 Å². The Labute approximate surface area is 170 Å². The fraction of sp³-hybridized carbons (Fsp3) is 0.350. The summed E-state index contributed by atoms with van der Waals surface area (Å²) in [5.74, 6) is -0.707. The molecule has 28 heavy (non-hydrogen) atoms. The Morgan fingerprint density at radius 3 is 2.54 bits per heavy atom. The number of carboxylic acid groups (broad SMARTS) is 1. The number of halogens is 1. The number of anilines is 1. The van der Waals surface area contributed by atoms with E-state index >= 15 is 0 Å². The summed E-state index contributed by atoms with van der Waals surface area (Å²) in [4.78, 5) is 13.3. The molecule has 1 aliphatic heterocycles. The molecule has 2 aromatic carbocycles. The molecule has 2 aromatic rings. The molecule has 0 aliphatic carbocycles. The van der Waals surface area contributed by atoms with Gasteiger partial charge in [0.15, 0.2) is 0 Å². The number of rotatable bonds is 8. The molecular formula is C20H23ClN2O4S. The summed E-state index contributed by atoms with van der Waals surface area (Å²) in [5, 5.41) is 9.50. The van der Waals surface area contributed by atoms with Crippen LogP contribution in [0.3, 0.4) is 0 Å². The fourth-order valence-corrected chi connectivity index (χ4v) is 4.92. The number of nitrogens with zero attached hydrogens (tertiary/aromatic N) is 1. The maximum absolute atomic E-state index is 12.5. The van der Waals surface area contributed by atoms with Crippen molar-refractivity contribution < 1.29 is 18.3 Å². The van der Waals surface area contributed by atoms with E-state index in [4.69, 9.17) is 16.7 Å². The zero-order chi connectivity index (χ0) is 20.3. The number of para-hydroxylation sites is 1. The van der Waals surface area contributed by atoms with Crippen LogP contribution in [0.2, 0.25) is 5.02 Å². The predicted molar refractivity (Wildman–Crippen MR) is 110 cm³/mol. The van der Waals surface area contributed by atoms with Crippen molar-refractivity contribution in [1.82, 2.24) is 4.72 Å². The maximum Gasteiger partial charge on any atom is 0.305 e. The van der Waals surface area contributed by atoms with E-state index in [0.717, 1.165) is 11.3 Å². The number of benzene rings is 2. The molecule has 2 unspecified atom stereocenters. The molecule has 6 nitrogen and oxygen atoms in total. The lowest BCUT2D eigenvalue weighted by atomic mass is 9.93. The van der Waals surface area contributed by atoms with E-state index in [1.807, 2.05) is 24.3 Å². The number of aliphatic carboxylic acids is 1. The van der Waals surface area contributed by atoms with Crippen LogP contribution in [0, 0.1) is 0 Å². The van der Waals surface area contributed by atoms with Crippen molar-refractivity contribution in [1.29, 1.82) is 0 Å². The molecule has 0 amide bonds. The number of nitrogens with one attached hydrogen (secondary N) is 1. The highest BCUT2D eigenvalue weighted by Crippen LogP contribution is 2.42. The number of fused-ring (bicyclic) bond motifs is 1. The fourth-order valence-electron chi connectivity index (χ4n) is 3.74. The van der Waals surface area contributed by atoms with Crippen LogP contribution in [0.1, 0.15) is 31.2 Å². The van der Waals surface area contributed by atoms with Gasteiger partial charge in [-0.2, -0.15) is 0 Å². The van der Waals surface area contributed by atoms with Gasteiger partial charge in [-0.05, 0) is 49.2 Å². The zero-order valence-electron chi connectivity index (χ0n) is 15.5. The highest BCUT2D eigenvalue weighted by atomic mass is 35.5. The number of hydrogen-bond acceptors (Lipinski definition) is 4. The summed E-state index contributed by atoms with van der Waals surface area (Å²) >= 11 is 5.82. The van der Waals surface area contributed by atoms with Crippen LogP contribution in [-0.4, -0.2) is 38.6 Å². The molecular weight excluding hydrogens is 400 g/mol. The molecule has 0 saturated heterocycles. The zero-order valence-corrected chi connectivity index (χ0v) is 17.1. The molecule has 0 fully saturated rings. The summed E-state index contributed by atoms with van der Waals surface area (Å²) in [7, 11) is -3.60. The highest BCUT2D eigenvalue weighted by Gasteiger charge is 2.35. The van der Waals surface area contributed by atoms with Crippen molar-refractivity contribution in [2.45, 2.75) is 36.6 Å². The van der Waals surface area contributed by atoms with Crippen LogP contribution in [0.15, 0.2) is 53.4 Å². The van der Waals surface area contributed by atoms with E-state index in [9.17, 15) is 13.2 Å².